The maximum atomic E-state index is 11.5. The van der Waals surface area contributed by atoms with Gasteiger partial charge in [0.1, 0.15) is 5.69 Å². The van der Waals surface area contributed by atoms with Gasteiger partial charge in [0.15, 0.2) is 0 Å². The van der Waals surface area contributed by atoms with Crippen LogP contribution in [-0.4, -0.2) is 28.4 Å². The van der Waals surface area contributed by atoms with E-state index in [2.05, 4.69) is 20.6 Å². The van der Waals surface area contributed by atoms with Gasteiger partial charge in [-0.05, 0) is 42.5 Å². The first-order valence-electron chi connectivity index (χ1n) is 8.23. The summed E-state index contributed by atoms with van der Waals surface area (Å²) in [6.07, 6.45) is 3.42. The van der Waals surface area contributed by atoms with E-state index in [-0.39, 0.29) is 4.90 Å². The van der Waals surface area contributed by atoms with Gasteiger partial charge < -0.3 is 5.32 Å². The Hall–Kier alpha value is -3.01. The molecule has 2 heterocycles. The number of primary sulfonamides is 1. The molecule has 2 aromatic heterocycles. The number of hydrogen-bond acceptors (Lipinski definition) is 6. The first-order valence-corrected chi connectivity index (χ1v) is 10.2. The molecular formula is C18H15ClN6O2S. The summed E-state index contributed by atoms with van der Waals surface area (Å²) in [7, 11) is -3.79. The van der Waals surface area contributed by atoms with Gasteiger partial charge in [-0.25, -0.2) is 18.2 Å². The van der Waals surface area contributed by atoms with Gasteiger partial charge in [-0.2, -0.15) is 0 Å². The van der Waals surface area contributed by atoms with Crippen LogP contribution in [0.4, 0.5) is 5.69 Å². The molecule has 0 aliphatic carbocycles. The van der Waals surface area contributed by atoms with Crippen molar-refractivity contribution in [3.63, 3.8) is 0 Å². The fourth-order valence-electron chi connectivity index (χ4n) is 2.77. The van der Waals surface area contributed by atoms with Crippen LogP contribution < -0.4 is 10.5 Å². The van der Waals surface area contributed by atoms with Gasteiger partial charge in [0.2, 0.25) is 10.0 Å². The summed E-state index contributed by atoms with van der Waals surface area (Å²) in [6.45, 7) is 0.427. The molecule has 0 aliphatic heterocycles. The lowest BCUT2D eigenvalue weighted by molar-refractivity contribution is 0.597. The fraction of sp³-hybridized carbons (Fsp3) is 0.0556. The van der Waals surface area contributed by atoms with Crippen molar-refractivity contribution in [1.29, 1.82) is 0 Å². The van der Waals surface area contributed by atoms with Crippen molar-refractivity contribution in [1.82, 2.24) is 20.0 Å². The number of sulfonamides is 1. The summed E-state index contributed by atoms with van der Waals surface area (Å²) in [4.78, 5) is 4.33. The number of aromatic nitrogens is 4. The van der Waals surface area contributed by atoms with Crippen molar-refractivity contribution in [3.8, 4) is 5.69 Å². The standard InChI is InChI=1S/C18H15ClN6O2S/c19-12-4-5-16-17(6-7-21-18(16)8-12)22-10-13-11-25(24-23-13)14-2-1-3-15(9-14)28(20,26)27/h1-9,11H,10H2,(H,21,22)(H2,20,26,27). The quantitative estimate of drug-likeness (QED) is 0.518. The van der Waals surface area contributed by atoms with Crippen LogP contribution in [0.3, 0.4) is 0 Å². The van der Waals surface area contributed by atoms with Crippen molar-refractivity contribution in [2.24, 2.45) is 5.14 Å². The van der Waals surface area contributed by atoms with Crippen LogP contribution in [0.25, 0.3) is 16.6 Å². The number of halogens is 1. The number of nitrogens with one attached hydrogen (secondary N) is 1. The van der Waals surface area contributed by atoms with Crippen molar-refractivity contribution in [3.05, 3.63) is 71.6 Å². The van der Waals surface area contributed by atoms with Crippen LogP contribution in [0.5, 0.6) is 0 Å². The van der Waals surface area contributed by atoms with Gasteiger partial charge in [0.25, 0.3) is 0 Å². The molecule has 0 saturated carbocycles. The Balaban J connectivity index is 1.55. The lowest BCUT2D eigenvalue weighted by atomic mass is 10.2. The topological polar surface area (TPSA) is 116 Å². The average Bonchev–Trinajstić information content (AvgIpc) is 3.14. The van der Waals surface area contributed by atoms with E-state index < -0.39 is 10.0 Å². The summed E-state index contributed by atoms with van der Waals surface area (Å²) >= 11 is 6.02. The van der Waals surface area contributed by atoms with Gasteiger partial charge in [-0.15, -0.1) is 5.10 Å². The third-order valence-corrected chi connectivity index (χ3v) is 5.26. The minimum atomic E-state index is -3.79. The maximum Gasteiger partial charge on any atom is 0.238 e. The number of rotatable bonds is 5. The van der Waals surface area contributed by atoms with Crippen molar-refractivity contribution >= 4 is 38.2 Å². The fourth-order valence-corrected chi connectivity index (χ4v) is 3.49. The Morgan fingerprint density at radius 2 is 2.00 bits per heavy atom. The lowest BCUT2D eigenvalue weighted by Crippen LogP contribution is -2.12. The lowest BCUT2D eigenvalue weighted by Gasteiger charge is -2.08. The molecule has 142 valence electrons. The van der Waals surface area contributed by atoms with E-state index in [9.17, 15) is 8.42 Å². The predicted octanol–water partition coefficient (Wildman–Crippen LogP) is 2.73. The molecule has 28 heavy (non-hydrogen) atoms. The summed E-state index contributed by atoms with van der Waals surface area (Å²) in [5, 5.41) is 18.2. The molecule has 8 nitrogen and oxygen atoms in total. The third-order valence-electron chi connectivity index (χ3n) is 4.12. The molecule has 2 aromatic carbocycles. The highest BCUT2D eigenvalue weighted by molar-refractivity contribution is 7.89. The van der Waals surface area contributed by atoms with Crippen LogP contribution in [0, 0.1) is 0 Å². The molecule has 3 N–H and O–H groups in total. The molecule has 0 aliphatic rings. The monoisotopic (exact) mass is 414 g/mol. The van der Waals surface area contributed by atoms with Crippen LogP contribution in [-0.2, 0) is 16.6 Å². The highest BCUT2D eigenvalue weighted by Gasteiger charge is 2.10. The van der Waals surface area contributed by atoms with E-state index in [1.54, 1.807) is 30.6 Å². The zero-order chi connectivity index (χ0) is 19.7. The Morgan fingerprint density at radius 3 is 2.82 bits per heavy atom. The maximum absolute atomic E-state index is 11.5. The Bertz CT molecular complexity index is 1270. The number of hydrogen-bond donors (Lipinski definition) is 2. The number of anilines is 1. The first-order chi connectivity index (χ1) is 13.4. The Labute approximate surface area is 166 Å². The van der Waals surface area contributed by atoms with Crippen LogP contribution >= 0.6 is 11.6 Å². The van der Waals surface area contributed by atoms with E-state index in [4.69, 9.17) is 16.7 Å². The van der Waals surface area contributed by atoms with Crippen molar-refractivity contribution in [2.45, 2.75) is 11.4 Å². The van der Waals surface area contributed by atoms with Crippen LogP contribution in [0.2, 0.25) is 5.02 Å². The summed E-state index contributed by atoms with van der Waals surface area (Å²) in [5.74, 6) is 0. The second-order valence-electron chi connectivity index (χ2n) is 6.07. The zero-order valence-electron chi connectivity index (χ0n) is 14.4. The molecule has 0 bridgehead atoms. The number of pyridine rings is 1. The average molecular weight is 415 g/mol. The van der Waals surface area contributed by atoms with Gasteiger partial charge >= 0.3 is 0 Å². The molecule has 0 atom stereocenters. The number of nitrogens with zero attached hydrogens (tertiary/aromatic N) is 4. The SMILES string of the molecule is NS(=O)(=O)c1cccc(-n2cc(CNc3ccnc4cc(Cl)ccc34)nn2)c1. The summed E-state index contributed by atoms with van der Waals surface area (Å²) < 4.78 is 24.5. The largest absolute Gasteiger partial charge is 0.379 e. The molecule has 4 aromatic rings. The van der Waals surface area contributed by atoms with Gasteiger partial charge in [-0.1, -0.05) is 22.9 Å². The second kappa shape index (κ2) is 7.19. The molecule has 0 spiro atoms. The smallest absolute Gasteiger partial charge is 0.238 e. The van der Waals surface area contributed by atoms with E-state index in [1.165, 1.54) is 16.8 Å². The van der Waals surface area contributed by atoms with Crippen LogP contribution in [0.15, 0.2) is 65.8 Å². The molecule has 4 rings (SSSR count). The van der Waals surface area contributed by atoms with Gasteiger partial charge in [0.05, 0.1) is 28.8 Å². The molecule has 0 saturated heterocycles. The minimum absolute atomic E-state index is 0.0158. The van der Waals surface area contributed by atoms with Gasteiger partial charge in [-0.3, -0.25) is 4.98 Å². The Kier molecular flexibility index (Phi) is 4.71. The molecule has 0 fully saturated rings. The number of nitrogens with two attached hydrogens (primary N) is 1. The second-order valence-corrected chi connectivity index (χ2v) is 8.07. The van der Waals surface area contributed by atoms with E-state index >= 15 is 0 Å². The molecule has 0 unspecified atom stereocenters. The first kappa shape index (κ1) is 18.4. The zero-order valence-corrected chi connectivity index (χ0v) is 16.0. The van der Waals surface area contributed by atoms with Crippen molar-refractivity contribution in [2.75, 3.05) is 5.32 Å². The number of benzene rings is 2. The molecular weight excluding hydrogens is 400 g/mol. The van der Waals surface area contributed by atoms with E-state index in [1.807, 2.05) is 18.2 Å². The summed E-state index contributed by atoms with van der Waals surface area (Å²) in [6, 6.07) is 13.6. The highest BCUT2D eigenvalue weighted by Crippen LogP contribution is 2.24. The third kappa shape index (κ3) is 3.81. The Morgan fingerprint density at radius 1 is 1.14 bits per heavy atom. The van der Waals surface area contributed by atoms with Crippen molar-refractivity contribution < 1.29 is 8.42 Å². The number of fused-ring (bicyclic) bond motifs is 1. The summed E-state index contributed by atoms with van der Waals surface area (Å²) in [5.41, 5.74) is 2.92. The van der Waals surface area contributed by atoms with E-state index in [0.717, 1.165) is 16.6 Å². The predicted molar refractivity (Wildman–Crippen MR) is 107 cm³/mol. The van der Waals surface area contributed by atoms with E-state index in [0.29, 0.717) is 22.9 Å². The van der Waals surface area contributed by atoms with Gasteiger partial charge in [0, 0.05) is 22.3 Å². The molecule has 10 heteroatoms. The van der Waals surface area contributed by atoms with Crippen LogP contribution in [0.1, 0.15) is 5.69 Å². The molecule has 0 radical (unpaired) electrons. The molecule has 0 amide bonds. The minimum Gasteiger partial charge on any atom is -0.379 e. The highest BCUT2D eigenvalue weighted by atomic mass is 35.5. The normalized spacial score (nSPS) is 11.6.